The van der Waals surface area contributed by atoms with Crippen molar-refractivity contribution in [3.63, 3.8) is 0 Å². The van der Waals surface area contributed by atoms with Crippen molar-refractivity contribution in [1.82, 2.24) is 9.97 Å². The molecule has 3 aromatic carbocycles. The number of fused-ring (bicyclic) bond motifs is 2. The zero-order chi connectivity index (χ0) is 23.7. The number of rotatable bonds is 6. The summed E-state index contributed by atoms with van der Waals surface area (Å²) >= 11 is 1.47. The van der Waals surface area contributed by atoms with Gasteiger partial charge in [0.25, 0.3) is 5.91 Å². The molecule has 2 heterocycles. The maximum absolute atomic E-state index is 14.1. The molecule has 0 atom stereocenters. The summed E-state index contributed by atoms with van der Waals surface area (Å²) in [7, 11) is 3.21. The summed E-state index contributed by atoms with van der Waals surface area (Å²) in [6, 6.07) is 19.4. The van der Waals surface area contributed by atoms with Crippen LogP contribution in [0, 0.1) is 6.92 Å². The highest BCUT2D eigenvalue weighted by atomic mass is 32.1. The van der Waals surface area contributed by atoms with Crippen LogP contribution in [0.15, 0.2) is 73.1 Å². The minimum Gasteiger partial charge on any atom is -0.496 e. The molecule has 0 saturated carbocycles. The molecule has 5 rings (SSSR count). The molecule has 2 aromatic heterocycles. The summed E-state index contributed by atoms with van der Waals surface area (Å²) < 4.78 is 12.2. The van der Waals surface area contributed by atoms with Gasteiger partial charge in [0, 0.05) is 12.4 Å². The van der Waals surface area contributed by atoms with E-state index in [4.69, 9.17) is 14.5 Å². The van der Waals surface area contributed by atoms with Crippen LogP contribution < -0.4 is 14.4 Å². The zero-order valence-corrected chi connectivity index (χ0v) is 19.9. The number of aromatic nitrogens is 2. The fourth-order valence-corrected chi connectivity index (χ4v) is 5.03. The first-order chi connectivity index (χ1) is 16.6. The first-order valence-electron chi connectivity index (χ1n) is 10.8. The Labute approximate surface area is 201 Å². The molecule has 0 aliphatic rings. The van der Waals surface area contributed by atoms with Gasteiger partial charge in [-0.25, -0.2) is 4.98 Å². The van der Waals surface area contributed by atoms with Crippen molar-refractivity contribution < 1.29 is 14.3 Å². The summed E-state index contributed by atoms with van der Waals surface area (Å²) in [4.78, 5) is 24.8. The molecule has 0 radical (unpaired) electrons. The number of hydrogen-bond donors (Lipinski definition) is 0. The number of amides is 1. The van der Waals surface area contributed by atoms with Gasteiger partial charge in [-0.05, 0) is 53.1 Å². The van der Waals surface area contributed by atoms with Gasteiger partial charge in [-0.2, -0.15) is 0 Å². The lowest BCUT2D eigenvalue weighted by Gasteiger charge is -2.21. The molecule has 0 saturated heterocycles. The van der Waals surface area contributed by atoms with E-state index in [1.807, 2.05) is 67.6 Å². The van der Waals surface area contributed by atoms with Crippen LogP contribution in [-0.2, 0) is 6.54 Å². The van der Waals surface area contributed by atoms with Crippen molar-refractivity contribution in [3.8, 4) is 11.5 Å². The third kappa shape index (κ3) is 3.95. The Balaban J connectivity index is 1.67. The van der Waals surface area contributed by atoms with E-state index in [0.717, 1.165) is 32.1 Å². The molecule has 0 bridgehead atoms. The number of thiazole rings is 1. The second kappa shape index (κ2) is 9.11. The van der Waals surface area contributed by atoms with Crippen LogP contribution in [0.4, 0.5) is 5.13 Å². The zero-order valence-electron chi connectivity index (χ0n) is 19.1. The molecule has 0 spiro atoms. The molecule has 0 aliphatic heterocycles. The number of hydrogen-bond acceptors (Lipinski definition) is 6. The predicted octanol–water partition coefficient (Wildman–Crippen LogP) is 6.02. The second-order valence-corrected chi connectivity index (χ2v) is 8.89. The van der Waals surface area contributed by atoms with Gasteiger partial charge in [-0.15, -0.1) is 0 Å². The molecule has 0 fully saturated rings. The van der Waals surface area contributed by atoms with E-state index in [1.165, 1.54) is 11.3 Å². The van der Waals surface area contributed by atoms with E-state index in [0.29, 0.717) is 28.7 Å². The molecule has 170 valence electrons. The van der Waals surface area contributed by atoms with E-state index in [1.54, 1.807) is 31.5 Å². The lowest BCUT2D eigenvalue weighted by atomic mass is 10.0. The molecule has 7 heteroatoms. The first-order valence-corrected chi connectivity index (χ1v) is 11.6. The topological polar surface area (TPSA) is 64.5 Å². The number of ether oxygens (including phenoxy) is 2. The number of methoxy groups -OCH3 is 2. The predicted molar refractivity (Wildman–Crippen MR) is 136 cm³/mol. The van der Waals surface area contributed by atoms with Crippen molar-refractivity contribution in [2.45, 2.75) is 13.5 Å². The minimum atomic E-state index is -0.192. The van der Waals surface area contributed by atoms with E-state index in [2.05, 4.69) is 4.98 Å². The van der Waals surface area contributed by atoms with E-state index in [9.17, 15) is 4.79 Å². The molecule has 0 N–H and O–H groups in total. The molecular formula is C27H23N3O3S. The number of aryl methyl sites for hydroxylation is 1. The smallest absolute Gasteiger partial charge is 0.264 e. The highest BCUT2D eigenvalue weighted by Crippen LogP contribution is 2.38. The molecule has 0 aliphatic carbocycles. The minimum absolute atomic E-state index is 0.192. The highest BCUT2D eigenvalue weighted by molar-refractivity contribution is 7.22. The Morgan fingerprint density at radius 3 is 2.44 bits per heavy atom. The van der Waals surface area contributed by atoms with Crippen LogP contribution in [0.1, 0.15) is 21.5 Å². The highest BCUT2D eigenvalue weighted by Gasteiger charge is 2.26. The number of carbonyl (C=O) groups is 1. The van der Waals surface area contributed by atoms with E-state index in [-0.39, 0.29) is 5.91 Å². The van der Waals surface area contributed by atoms with Gasteiger partial charge in [0.15, 0.2) is 5.13 Å². The Morgan fingerprint density at radius 2 is 1.74 bits per heavy atom. The molecule has 5 aromatic rings. The van der Waals surface area contributed by atoms with Gasteiger partial charge >= 0.3 is 0 Å². The summed E-state index contributed by atoms with van der Waals surface area (Å²) in [6.07, 6.45) is 3.48. The Kier molecular flexibility index (Phi) is 5.86. The van der Waals surface area contributed by atoms with Crippen LogP contribution in [0.25, 0.3) is 21.0 Å². The number of pyridine rings is 1. The number of carbonyl (C=O) groups excluding carboxylic acids is 1. The molecular weight excluding hydrogens is 446 g/mol. The SMILES string of the molecule is COc1cc2ccccc2cc1C(=O)N(Cc1cccnc1)c1nc2c(OC)ccc(C)c2s1. The van der Waals surface area contributed by atoms with Gasteiger partial charge in [-0.3, -0.25) is 14.7 Å². The third-order valence-corrected chi connectivity index (χ3v) is 6.96. The van der Waals surface area contributed by atoms with Gasteiger partial charge in [-0.1, -0.05) is 47.7 Å². The van der Waals surface area contributed by atoms with Crippen LogP contribution in [0.2, 0.25) is 0 Å². The second-order valence-electron chi connectivity index (χ2n) is 7.91. The van der Waals surface area contributed by atoms with Crippen molar-refractivity contribution in [1.29, 1.82) is 0 Å². The summed E-state index contributed by atoms with van der Waals surface area (Å²) in [5.41, 5.74) is 3.21. The lowest BCUT2D eigenvalue weighted by Crippen LogP contribution is -2.30. The van der Waals surface area contributed by atoms with Crippen LogP contribution in [0.5, 0.6) is 11.5 Å². The largest absolute Gasteiger partial charge is 0.496 e. The number of nitrogens with zero attached hydrogens (tertiary/aromatic N) is 3. The molecule has 34 heavy (non-hydrogen) atoms. The first kappa shape index (κ1) is 21.9. The summed E-state index contributed by atoms with van der Waals surface area (Å²) in [6.45, 7) is 2.35. The van der Waals surface area contributed by atoms with Crippen molar-refractivity contribution in [2.24, 2.45) is 0 Å². The third-order valence-electron chi connectivity index (χ3n) is 5.75. The monoisotopic (exact) mass is 469 g/mol. The van der Waals surface area contributed by atoms with Crippen LogP contribution in [0.3, 0.4) is 0 Å². The van der Waals surface area contributed by atoms with Gasteiger partial charge < -0.3 is 9.47 Å². The standard InChI is InChI=1S/C27H23N3O3S/c1-17-10-11-22(32-2)24-25(17)34-27(29-24)30(16-18-7-6-12-28-15-18)26(31)21-13-19-8-4-5-9-20(19)14-23(21)33-3/h4-15H,16H2,1-3H3. The number of benzene rings is 3. The summed E-state index contributed by atoms with van der Waals surface area (Å²) in [5.74, 6) is 1.01. The average Bonchev–Trinajstić information content (AvgIpc) is 3.33. The van der Waals surface area contributed by atoms with Crippen molar-refractivity contribution in [3.05, 3.63) is 89.7 Å². The van der Waals surface area contributed by atoms with E-state index < -0.39 is 0 Å². The number of anilines is 1. The van der Waals surface area contributed by atoms with Crippen molar-refractivity contribution >= 4 is 43.4 Å². The van der Waals surface area contributed by atoms with Gasteiger partial charge in [0.2, 0.25) is 0 Å². The van der Waals surface area contributed by atoms with Crippen LogP contribution >= 0.6 is 11.3 Å². The maximum Gasteiger partial charge on any atom is 0.264 e. The van der Waals surface area contributed by atoms with Gasteiger partial charge in [0.05, 0.1) is 31.0 Å². The van der Waals surface area contributed by atoms with Crippen molar-refractivity contribution in [2.75, 3.05) is 19.1 Å². The summed E-state index contributed by atoms with van der Waals surface area (Å²) in [5, 5.41) is 2.57. The molecule has 0 unspecified atom stereocenters. The average molecular weight is 470 g/mol. The fraction of sp³-hybridized carbons (Fsp3) is 0.148. The maximum atomic E-state index is 14.1. The van der Waals surface area contributed by atoms with Crippen LogP contribution in [-0.4, -0.2) is 30.1 Å². The Bertz CT molecular complexity index is 1500. The Hall–Kier alpha value is -3.97. The molecule has 6 nitrogen and oxygen atoms in total. The van der Waals surface area contributed by atoms with E-state index >= 15 is 0 Å². The van der Waals surface area contributed by atoms with Gasteiger partial charge in [0.1, 0.15) is 17.0 Å². The Morgan fingerprint density at radius 1 is 0.971 bits per heavy atom. The quantitative estimate of drug-likeness (QED) is 0.304. The normalized spacial score (nSPS) is 11.0. The fourth-order valence-electron chi connectivity index (χ4n) is 3.98. The molecule has 1 amide bonds. The lowest BCUT2D eigenvalue weighted by molar-refractivity contribution is 0.0982.